The lowest BCUT2D eigenvalue weighted by Gasteiger charge is -2.31. The lowest BCUT2D eigenvalue weighted by atomic mass is 9.90. The monoisotopic (exact) mass is 302 g/mol. The minimum Gasteiger partial charge on any atom is -0.317 e. The summed E-state index contributed by atoms with van der Waals surface area (Å²) in [6, 6.07) is 10.8. The van der Waals surface area contributed by atoms with Crippen molar-refractivity contribution in [1.29, 1.82) is 0 Å². The third kappa shape index (κ3) is 3.83. The Kier molecular flexibility index (Phi) is 4.56. The number of hydrogen-bond donors (Lipinski definition) is 1. The van der Waals surface area contributed by atoms with E-state index >= 15 is 0 Å². The zero-order valence-electron chi connectivity index (χ0n) is 12.5. The summed E-state index contributed by atoms with van der Waals surface area (Å²) in [6.07, 6.45) is 3.71. The molecule has 4 heteroatoms. The van der Waals surface area contributed by atoms with Crippen molar-refractivity contribution in [2.24, 2.45) is 5.92 Å². The number of aromatic amines is 1. The van der Waals surface area contributed by atoms with E-state index in [1.165, 1.54) is 41.0 Å². The van der Waals surface area contributed by atoms with Crippen molar-refractivity contribution < 1.29 is 0 Å². The smallest absolute Gasteiger partial charge is 0.304 e. The van der Waals surface area contributed by atoms with E-state index in [1.54, 1.807) is 0 Å². The van der Waals surface area contributed by atoms with E-state index in [4.69, 9.17) is 0 Å². The molecule has 0 bridgehead atoms. The van der Waals surface area contributed by atoms with Crippen molar-refractivity contribution in [3.63, 3.8) is 0 Å². The van der Waals surface area contributed by atoms with Gasteiger partial charge in [0.2, 0.25) is 0 Å². The molecule has 2 heterocycles. The van der Waals surface area contributed by atoms with Crippen LogP contribution in [0.3, 0.4) is 0 Å². The van der Waals surface area contributed by atoms with E-state index in [-0.39, 0.29) is 4.87 Å². The van der Waals surface area contributed by atoms with Crippen LogP contribution in [0.15, 0.2) is 35.1 Å². The molecule has 1 N–H and O–H groups in total. The van der Waals surface area contributed by atoms with Crippen molar-refractivity contribution in [3.05, 3.63) is 56.1 Å². The predicted octanol–water partition coefficient (Wildman–Crippen LogP) is 3.20. The van der Waals surface area contributed by atoms with Crippen LogP contribution in [0.25, 0.3) is 0 Å². The van der Waals surface area contributed by atoms with Crippen molar-refractivity contribution in [2.75, 3.05) is 13.1 Å². The average molecular weight is 302 g/mol. The number of thiazole rings is 1. The second-order valence-electron chi connectivity index (χ2n) is 5.97. The summed E-state index contributed by atoms with van der Waals surface area (Å²) < 4.78 is 0. The van der Waals surface area contributed by atoms with Gasteiger partial charge in [-0.2, -0.15) is 0 Å². The van der Waals surface area contributed by atoms with Crippen LogP contribution in [-0.2, 0) is 13.0 Å². The first kappa shape index (κ1) is 14.5. The van der Waals surface area contributed by atoms with Gasteiger partial charge in [0.25, 0.3) is 0 Å². The van der Waals surface area contributed by atoms with Gasteiger partial charge < -0.3 is 4.98 Å². The molecule has 0 radical (unpaired) electrons. The van der Waals surface area contributed by atoms with Crippen LogP contribution in [0.2, 0.25) is 0 Å². The summed E-state index contributed by atoms with van der Waals surface area (Å²) in [6.45, 7) is 5.20. The molecule has 1 aliphatic rings. The van der Waals surface area contributed by atoms with Crippen molar-refractivity contribution in [2.45, 2.75) is 32.7 Å². The number of aryl methyl sites for hydroxylation is 1. The van der Waals surface area contributed by atoms with Gasteiger partial charge in [-0.3, -0.25) is 9.69 Å². The molecule has 0 aliphatic carbocycles. The fourth-order valence-electron chi connectivity index (χ4n) is 3.09. The van der Waals surface area contributed by atoms with E-state index < -0.39 is 0 Å². The van der Waals surface area contributed by atoms with Crippen LogP contribution in [0, 0.1) is 12.8 Å². The second-order valence-corrected chi connectivity index (χ2v) is 7.04. The highest BCUT2D eigenvalue weighted by Gasteiger charge is 2.20. The Morgan fingerprint density at radius 3 is 2.57 bits per heavy atom. The molecule has 0 unspecified atom stereocenters. The van der Waals surface area contributed by atoms with Crippen LogP contribution in [0.4, 0.5) is 0 Å². The first-order valence-corrected chi connectivity index (χ1v) is 8.47. The summed E-state index contributed by atoms with van der Waals surface area (Å²) in [5, 5.41) is 0. The van der Waals surface area contributed by atoms with Gasteiger partial charge in [-0.1, -0.05) is 41.7 Å². The molecular formula is C17H22N2OS. The Morgan fingerprint density at radius 2 is 1.95 bits per heavy atom. The molecule has 1 aromatic carbocycles. The largest absolute Gasteiger partial charge is 0.317 e. The summed E-state index contributed by atoms with van der Waals surface area (Å²) >= 11 is 1.36. The number of rotatable bonds is 4. The zero-order chi connectivity index (χ0) is 14.7. The van der Waals surface area contributed by atoms with Gasteiger partial charge in [0.1, 0.15) is 0 Å². The molecule has 0 saturated carbocycles. The molecule has 2 aromatic rings. The lowest BCUT2D eigenvalue weighted by Crippen LogP contribution is -2.33. The lowest BCUT2D eigenvalue weighted by molar-refractivity contribution is 0.178. The summed E-state index contributed by atoms with van der Waals surface area (Å²) in [5.74, 6) is 0.801. The topological polar surface area (TPSA) is 36.1 Å². The van der Waals surface area contributed by atoms with Gasteiger partial charge in [-0.05, 0) is 50.8 Å². The van der Waals surface area contributed by atoms with E-state index in [2.05, 4.69) is 40.2 Å². The fraction of sp³-hybridized carbons (Fsp3) is 0.471. The highest BCUT2D eigenvalue weighted by Crippen LogP contribution is 2.23. The van der Waals surface area contributed by atoms with E-state index in [1.807, 2.05) is 6.92 Å². The molecule has 112 valence electrons. The maximum atomic E-state index is 11.4. The summed E-state index contributed by atoms with van der Waals surface area (Å²) in [5.41, 5.74) is 2.49. The number of aromatic nitrogens is 1. The van der Waals surface area contributed by atoms with Gasteiger partial charge in [0.05, 0.1) is 0 Å². The van der Waals surface area contributed by atoms with Crippen molar-refractivity contribution in [1.82, 2.24) is 9.88 Å². The second kappa shape index (κ2) is 6.58. The first-order chi connectivity index (χ1) is 10.2. The zero-order valence-corrected chi connectivity index (χ0v) is 13.3. The summed E-state index contributed by atoms with van der Waals surface area (Å²) in [4.78, 5) is 18.0. The Hall–Kier alpha value is -1.39. The molecule has 0 amide bonds. The Balaban J connectivity index is 1.51. The fourth-order valence-corrected chi connectivity index (χ4v) is 3.97. The van der Waals surface area contributed by atoms with Gasteiger partial charge in [-0.15, -0.1) is 0 Å². The SMILES string of the molecule is Cc1[nH]c(=O)sc1CN1CCC(Cc2ccccc2)CC1. The van der Waals surface area contributed by atoms with Gasteiger partial charge >= 0.3 is 4.87 Å². The number of benzene rings is 1. The molecular weight excluding hydrogens is 280 g/mol. The maximum absolute atomic E-state index is 11.4. The van der Waals surface area contributed by atoms with Crippen LogP contribution in [0.5, 0.6) is 0 Å². The van der Waals surface area contributed by atoms with E-state index in [0.29, 0.717) is 0 Å². The van der Waals surface area contributed by atoms with Crippen LogP contribution in [0.1, 0.15) is 29.0 Å². The molecule has 0 spiro atoms. The number of hydrogen-bond acceptors (Lipinski definition) is 3. The molecule has 0 atom stereocenters. The molecule has 1 aromatic heterocycles. The van der Waals surface area contributed by atoms with Crippen molar-refractivity contribution in [3.8, 4) is 0 Å². The Labute approximate surface area is 129 Å². The van der Waals surface area contributed by atoms with Crippen LogP contribution in [-0.4, -0.2) is 23.0 Å². The number of likely N-dealkylation sites (tertiary alicyclic amines) is 1. The Morgan fingerprint density at radius 1 is 1.24 bits per heavy atom. The minimum absolute atomic E-state index is 0.0708. The predicted molar refractivity (Wildman–Crippen MR) is 87.8 cm³/mol. The summed E-state index contributed by atoms with van der Waals surface area (Å²) in [7, 11) is 0. The van der Waals surface area contributed by atoms with Crippen molar-refractivity contribution >= 4 is 11.3 Å². The van der Waals surface area contributed by atoms with Gasteiger partial charge in [-0.25, -0.2) is 0 Å². The molecule has 1 fully saturated rings. The quantitative estimate of drug-likeness (QED) is 0.941. The highest BCUT2D eigenvalue weighted by atomic mass is 32.1. The van der Waals surface area contributed by atoms with Gasteiger partial charge in [0, 0.05) is 17.1 Å². The Bertz CT molecular complexity index is 624. The molecule has 1 saturated heterocycles. The molecule has 1 aliphatic heterocycles. The molecule has 21 heavy (non-hydrogen) atoms. The maximum Gasteiger partial charge on any atom is 0.304 e. The normalized spacial score (nSPS) is 17.2. The van der Waals surface area contributed by atoms with E-state index in [0.717, 1.165) is 31.2 Å². The number of nitrogens with zero attached hydrogens (tertiary/aromatic N) is 1. The molecule has 3 nitrogen and oxygen atoms in total. The van der Waals surface area contributed by atoms with Crippen LogP contribution < -0.4 is 4.87 Å². The third-order valence-corrected chi connectivity index (χ3v) is 5.33. The van der Waals surface area contributed by atoms with Gasteiger partial charge in [0.15, 0.2) is 0 Å². The average Bonchev–Trinajstić information content (AvgIpc) is 2.80. The first-order valence-electron chi connectivity index (χ1n) is 7.65. The third-order valence-electron chi connectivity index (χ3n) is 4.37. The molecule has 3 rings (SSSR count). The standard InChI is InChI=1S/C17H22N2OS/c1-13-16(21-17(20)18-13)12-19-9-7-15(8-10-19)11-14-5-3-2-4-6-14/h2-6,15H,7-12H2,1H3,(H,18,20). The number of H-pyrrole nitrogens is 1. The number of piperidine rings is 1. The van der Waals surface area contributed by atoms with E-state index in [9.17, 15) is 4.79 Å². The minimum atomic E-state index is 0.0708. The highest BCUT2D eigenvalue weighted by molar-refractivity contribution is 7.09. The van der Waals surface area contributed by atoms with Crippen LogP contribution >= 0.6 is 11.3 Å². The number of nitrogens with one attached hydrogen (secondary N) is 1.